The highest BCUT2D eigenvalue weighted by Crippen LogP contribution is 2.30. The van der Waals surface area contributed by atoms with Gasteiger partial charge in [-0.25, -0.2) is 19.2 Å². The van der Waals surface area contributed by atoms with Crippen molar-refractivity contribution in [1.82, 2.24) is 25.6 Å². The Balaban J connectivity index is 1.74. The molecule has 34 heavy (non-hydrogen) atoms. The molecule has 0 aliphatic carbocycles. The van der Waals surface area contributed by atoms with Crippen LogP contribution in [0.4, 0.5) is 9.52 Å². The second-order valence-electron chi connectivity index (χ2n) is 7.44. The van der Waals surface area contributed by atoms with E-state index in [1.165, 1.54) is 0 Å². The van der Waals surface area contributed by atoms with Crippen molar-refractivity contribution >= 4 is 45.9 Å². The first-order valence-corrected chi connectivity index (χ1v) is 12.0. The molecule has 0 aromatic carbocycles. The van der Waals surface area contributed by atoms with Gasteiger partial charge in [0.2, 0.25) is 0 Å². The number of thiazole rings is 1. The standard InChI is InChI=1S/C20H26ClFN6O5S/c1-3-10-15(21)27-16(24-10)18(30)25-11-5-8-28(9-12(11)33-4-2)20-26-13(14(34-20)19(31)32)17(29)23-7-6-22/h11-12H,3-9H2,1-2H3,(H,23,29)(H,24,27)(H,25,30)(H,31,32)/t11-,12+/m0/s1. The van der Waals surface area contributed by atoms with Crippen LogP contribution in [-0.2, 0) is 11.2 Å². The molecule has 1 saturated heterocycles. The first kappa shape index (κ1) is 25.8. The molecule has 1 aliphatic heterocycles. The molecule has 3 heterocycles. The lowest BCUT2D eigenvalue weighted by atomic mass is 10.0. The summed E-state index contributed by atoms with van der Waals surface area (Å²) in [4.78, 5) is 49.4. The fourth-order valence-corrected chi connectivity index (χ4v) is 4.79. The van der Waals surface area contributed by atoms with E-state index >= 15 is 0 Å². The number of amides is 2. The molecule has 4 N–H and O–H groups in total. The molecule has 0 unspecified atom stereocenters. The maximum absolute atomic E-state index is 12.7. The Morgan fingerprint density at radius 1 is 1.32 bits per heavy atom. The first-order valence-electron chi connectivity index (χ1n) is 10.8. The Morgan fingerprint density at radius 2 is 2.09 bits per heavy atom. The summed E-state index contributed by atoms with van der Waals surface area (Å²) >= 11 is 6.90. The van der Waals surface area contributed by atoms with E-state index in [4.69, 9.17) is 16.3 Å². The van der Waals surface area contributed by atoms with Gasteiger partial charge in [0.1, 0.15) is 11.6 Å². The highest BCUT2D eigenvalue weighted by Gasteiger charge is 2.34. The van der Waals surface area contributed by atoms with Crippen molar-refractivity contribution in [3.8, 4) is 0 Å². The number of alkyl halides is 1. The van der Waals surface area contributed by atoms with E-state index in [2.05, 4.69) is 25.6 Å². The first-order chi connectivity index (χ1) is 16.3. The summed E-state index contributed by atoms with van der Waals surface area (Å²) < 4.78 is 18.2. The molecule has 2 atom stereocenters. The second kappa shape index (κ2) is 11.6. The molecular weight excluding hydrogens is 491 g/mol. The zero-order chi connectivity index (χ0) is 24.8. The lowest BCUT2D eigenvalue weighted by molar-refractivity contribution is 0.0271. The Labute approximate surface area is 204 Å². The number of piperidine rings is 1. The molecule has 2 aromatic heterocycles. The number of aromatic carboxylic acids is 1. The van der Waals surface area contributed by atoms with E-state index in [0.29, 0.717) is 43.4 Å². The van der Waals surface area contributed by atoms with Crippen LogP contribution in [0.15, 0.2) is 0 Å². The summed E-state index contributed by atoms with van der Waals surface area (Å²) in [5.74, 6) is -2.32. The SMILES string of the molecule is CCO[C@@H]1CN(c2nc(C(=O)NCCF)c(C(=O)O)s2)CC[C@@H]1NC(=O)c1nc(Cl)c(CC)[nH]1. The third-order valence-electron chi connectivity index (χ3n) is 5.23. The summed E-state index contributed by atoms with van der Waals surface area (Å²) in [5, 5.41) is 15.3. The predicted molar refractivity (Wildman–Crippen MR) is 124 cm³/mol. The van der Waals surface area contributed by atoms with Gasteiger partial charge in [0.15, 0.2) is 21.8 Å². The van der Waals surface area contributed by atoms with Crippen LogP contribution in [0.1, 0.15) is 56.7 Å². The molecule has 2 aromatic rings. The number of nitrogens with zero attached hydrogens (tertiary/aromatic N) is 3. The summed E-state index contributed by atoms with van der Waals surface area (Å²) in [7, 11) is 0. The minimum atomic E-state index is -1.29. The van der Waals surface area contributed by atoms with Crippen LogP contribution < -0.4 is 15.5 Å². The minimum Gasteiger partial charge on any atom is -0.477 e. The number of aryl methyl sites for hydroxylation is 1. The van der Waals surface area contributed by atoms with Crippen molar-refractivity contribution < 1.29 is 28.6 Å². The van der Waals surface area contributed by atoms with Gasteiger partial charge in [-0.1, -0.05) is 29.9 Å². The van der Waals surface area contributed by atoms with Crippen molar-refractivity contribution in [2.75, 3.05) is 37.8 Å². The number of carbonyl (C=O) groups is 3. The molecule has 1 fully saturated rings. The van der Waals surface area contributed by atoms with Crippen LogP contribution in [0, 0.1) is 0 Å². The number of carbonyl (C=O) groups excluding carboxylic acids is 2. The monoisotopic (exact) mass is 516 g/mol. The van der Waals surface area contributed by atoms with E-state index in [1.807, 2.05) is 18.7 Å². The highest BCUT2D eigenvalue weighted by molar-refractivity contribution is 7.17. The number of carboxylic acid groups (broad SMARTS) is 1. The van der Waals surface area contributed by atoms with Crippen LogP contribution in [0.3, 0.4) is 0 Å². The number of ether oxygens (including phenoxy) is 1. The number of H-pyrrole nitrogens is 1. The topological polar surface area (TPSA) is 150 Å². The van der Waals surface area contributed by atoms with E-state index in [9.17, 15) is 23.9 Å². The number of aromatic amines is 1. The molecule has 0 spiro atoms. The Bertz CT molecular complexity index is 1050. The Kier molecular flexibility index (Phi) is 8.80. The number of anilines is 1. The molecule has 11 nitrogen and oxygen atoms in total. The third kappa shape index (κ3) is 5.83. The zero-order valence-electron chi connectivity index (χ0n) is 18.7. The fourth-order valence-electron chi connectivity index (χ4n) is 3.59. The number of nitrogens with one attached hydrogen (secondary N) is 3. The number of hydrogen-bond donors (Lipinski definition) is 4. The normalized spacial score (nSPS) is 18.1. The second-order valence-corrected chi connectivity index (χ2v) is 8.78. The predicted octanol–water partition coefficient (Wildman–Crippen LogP) is 1.89. The lowest BCUT2D eigenvalue weighted by Gasteiger charge is -2.38. The Hall–Kier alpha value is -2.77. The molecule has 0 radical (unpaired) electrons. The molecule has 0 saturated carbocycles. The van der Waals surface area contributed by atoms with Crippen LogP contribution in [0.2, 0.25) is 5.15 Å². The molecular formula is C20H26ClFN6O5S. The third-order valence-corrected chi connectivity index (χ3v) is 6.65. The number of aromatic nitrogens is 3. The van der Waals surface area contributed by atoms with Gasteiger partial charge >= 0.3 is 5.97 Å². The van der Waals surface area contributed by atoms with E-state index in [1.54, 1.807) is 0 Å². The quantitative estimate of drug-likeness (QED) is 0.374. The van der Waals surface area contributed by atoms with Crippen molar-refractivity contribution in [2.45, 2.75) is 38.8 Å². The van der Waals surface area contributed by atoms with Crippen molar-refractivity contribution in [1.29, 1.82) is 0 Å². The van der Waals surface area contributed by atoms with E-state index < -0.39 is 30.6 Å². The van der Waals surface area contributed by atoms with Gasteiger partial charge in [-0.05, 0) is 19.8 Å². The molecule has 0 bridgehead atoms. The summed E-state index contributed by atoms with van der Waals surface area (Å²) in [6.45, 7) is 3.87. The average molecular weight is 517 g/mol. The van der Waals surface area contributed by atoms with Crippen LogP contribution >= 0.6 is 22.9 Å². The van der Waals surface area contributed by atoms with Crippen molar-refractivity contribution in [3.05, 3.63) is 27.2 Å². The molecule has 2 amide bonds. The summed E-state index contributed by atoms with van der Waals surface area (Å²) in [6, 6.07) is -0.330. The number of hydrogen-bond acceptors (Lipinski definition) is 8. The fraction of sp³-hybridized carbons (Fsp3) is 0.550. The van der Waals surface area contributed by atoms with E-state index in [-0.39, 0.29) is 34.1 Å². The molecule has 14 heteroatoms. The number of imidazole rings is 1. The molecule has 186 valence electrons. The van der Waals surface area contributed by atoms with Gasteiger partial charge in [0.25, 0.3) is 11.8 Å². The molecule has 1 aliphatic rings. The number of rotatable bonds is 10. The Morgan fingerprint density at radius 3 is 2.71 bits per heavy atom. The summed E-state index contributed by atoms with van der Waals surface area (Å²) in [5.41, 5.74) is 0.415. The van der Waals surface area contributed by atoms with Gasteiger partial charge in [0, 0.05) is 26.2 Å². The number of carboxylic acids is 1. The van der Waals surface area contributed by atoms with Gasteiger partial charge in [-0.15, -0.1) is 0 Å². The van der Waals surface area contributed by atoms with Crippen LogP contribution in [0.25, 0.3) is 0 Å². The van der Waals surface area contributed by atoms with Gasteiger partial charge < -0.3 is 30.4 Å². The summed E-state index contributed by atoms with van der Waals surface area (Å²) in [6.07, 6.45) is 0.676. The van der Waals surface area contributed by atoms with Crippen LogP contribution in [-0.4, -0.2) is 82.9 Å². The average Bonchev–Trinajstić information content (AvgIpc) is 3.43. The maximum Gasteiger partial charge on any atom is 0.348 e. The highest BCUT2D eigenvalue weighted by atomic mass is 35.5. The van der Waals surface area contributed by atoms with Gasteiger partial charge in [-0.3, -0.25) is 9.59 Å². The lowest BCUT2D eigenvalue weighted by Crippen LogP contribution is -2.55. The van der Waals surface area contributed by atoms with Gasteiger partial charge in [0.05, 0.1) is 17.8 Å². The van der Waals surface area contributed by atoms with Crippen LogP contribution in [0.5, 0.6) is 0 Å². The number of halogens is 2. The van der Waals surface area contributed by atoms with Crippen molar-refractivity contribution in [2.24, 2.45) is 0 Å². The smallest absolute Gasteiger partial charge is 0.348 e. The maximum atomic E-state index is 12.7. The zero-order valence-corrected chi connectivity index (χ0v) is 20.3. The van der Waals surface area contributed by atoms with E-state index in [0.717, 1.165) is 11.3 Å². The largest absolute Gasteiger partial charge is 0.477 e. The minimum absolute atomic E-state index is 0.120. The molecule has 3 rings (SSSR count). The van der Waals surface area contributed by atoms with Crippen molar-refractivity contribution in [3.63, 3.8) is 0 Å². The van der Waals surface area contributed by atoms with Gasteiger partial charge in [-0.2, -0.15) is 0 Å².